The highest BCUT2D eigenvalue weighted by molar-refractivity contribution is 7.84. The van der Waals surface area contributed by atoms with Crippen LogP contribution in [0.25, 0.3) is 0 Å². The van der Waals surface area contributed by atoms with Crippen LogP contribution in [0, 0.1) is 5.92 Å². The average molecular weight is 224 g/mol. The van der Waals surface area contributed by atoms with E-state index >= 15 is 0 Å². The minimum atomic E-state index is -0.966. The molecule has 0 saturated heterocycles. The van der Waals surface area contributed by atoms with E-state index in [1.165, 1.54) is 0 Å². The highest BCUT2D eigenvalue weighted by Gasteiger charge is 2.45. The molecule has 1 N–H and O–H groups in total. The Kier molecular flexibility index (Phi) is 2.94. The highest BCUT2D eigenvalue weighted by atomic mass is 32.2. The molecular formula is C12H16O2S. The first kappa shape index (κ1) is 10.8. The van der Waals surface area contributed by atoms with Gasteiger partial charge in [0.25, 0.3) is 0 Å². The predicted molar refractivity (Wildman–Crippen MR) is 62.0 cm³/mol. The average Bonchev–Trinajstić information content (AvgIpc) is 3.01. The van der Waals surface area contributed by atoms with Crippen LogP contribution in [0.3, 0.4) is 0 Å². The molecule has 0 heterocycles. The molecule has 15 heavy (non-hydrogen) atoms. The normalized spacial score (nSPS) is 22.0. The molecule has 0 spiro atoms. The van der Waals surface area contributed by atoms with Crippen molar-refractivity contribution < 1.29 is 9.32 Å². The van der Waals surface area contributed by atoms with Crippen LogP contribution in [-0.2, 0) is 16.4 Å². The molecule has 1 aromatic carbocycles. The van der Waals surface area contributed by atoms with Gasteiger partial charge in [-0.05, 0) is 24.3 Å². The second kappa shape index (κ2) is 4.06. The van der Waals surface area contributed by atoms with Crippen LogP contribution in [0.4, 0.5) is 0 Å². The fraction of sp³-hybridized carbons (Fsp3) is 0.500. The lowest BCUT2D eigenvalue weighted by Crippen LogP contribution is -2.34. The van der Waals surface area contributed by atoms with Crippen LogP contribution in [0.15, 0.2) is 30.3 Å². The molecule has 0 radical (unpaired) electrons. The third-order valence-electron chi connectivity index (χ3n) is 2.95. The van der Waals surface area contributed by atoms with E-state index < -0.39 is 16.4 Å². The van der Waals surface area contributed by atoms with Crippen molar-refractivity contribution in [3.05, 3.63) is 35.9 Å². The summed E-state index contributed by atoms with van der Waals surface area (Å²) in [6.07, 6.45) is 3.74. The van der Waals surface area contributed by atoms with Crippen LogP contribution in [-0.4, -0.2) is 21.3 Å². The second-order valence-electron chi connectivity index (χ2n) is 4.28. The summed E-state index contributed by atoms with van der Waals surface area (Å²) < 4.78 is 11.3. The van der Waals surface area contributed by atoms with Gasteiger partial charge in [0.2, 0.25) is 0 Å². The van der Waals surface area contributed by atoms with E-state index in [0.29, 0.717) is 11.7 Å². The van der Waals surface area contributed by atoms with Crippen LogP contribution < -0.4 is 0 Å². The Balaban J connectivity index is 2.30. The Morgan fingerprint density at radius 1 is 1.40 bits per heavy atom. The van der Waals surface area contributed by atoms with Gasteiger partial charge < -0.3 is 5.11 Å². The standard InChI is InChI=1S/C12H16O2S/c1-15(14)9-12(13,11-7-8-11)10-5-3-2-4-6-10/h2-6,11,13H,7-9H2,1H3/t12-,15-/m1/s1. The molecule has 0 bridgehead atoms. The molecule has 2 atom stereocenters. The second-order valence-corrected chi connectivity index (χ2v) is 5.72. The van der Waals surface area contributed by atoms with Crippen LogP contribution in [0.5, 0.6) is 0 Å². The summed E-state index contributed by atoms with van der Waals surface area (Å²) in [4.78, 5) is 0. The summed E-state index contributed by atoms with van der Waals surface area (Å²) in [5.74, 6) is 0.644. The van der Waals surface area contributed by atoms with Crippen LogP contribution in [0.2, 0.25) is 0 Å². The van der Waals surface area contributed by atoms with E-state index in [2.05, 4.69) is 0 Å². The maximum Gasteiger partial charge on any atom is 0.104 e. The first-order valence-corrected chi connectivity index (χ1v) is 6.93. The lowest BCUT2D eigenvalue weighted by atomic mass is 9.91. The van der Waals surface area contributed by atoms with E-state index in [9.17, 15) is 9.32 Å². The van der Waals surface area contributed by atoms with Gasteiger partial charge in [-0.25, -0.2) is 0 Å². The monoisotopic (exact) mass is 224 g/mol. The van der Waals surface area contributed by atoms with E-state index in [1.807, 2.05) is 30.3 Å². The van der Waals surface area contributed by atoms with Gasteiger partial charge in [0.05, 0.1) is 5.75 Å². The number of aliphatic hydroxyl groups is 1. The molecule has 2 nitrogen and oxygen atoms in total. The zero-order chi connectivity index (χ0) is 10.9. The Hall–Kier alpha value is -0.670. The molecule has 0 unspecified atom stereocenters. The minimum Gasteiger partial charge on any atom is -0.384 e. The van der Waals surface area contributed by atoms with Gasteiger partial charge in [-0.3, -0.25) is 4.21 Å². The Labute approximate surface area is 92.8 Å². The molecule has 82 valence electrons. The van der Waals surface area contributed by atoms with E-state index in [0.717, 1.165) is 18.4 Å². The van der Waals surface area contributed by atoms with Crippen molar-refractivity contribution in [1.29, 1.82) is 0 Å². The third-order valence-corrected chi connectivity index (χ3v) is 3.80. The Morgan fingerprint density at radius 2 is 2.00 bits per heavy atom. The van der Waals surface area contributed by atoms with Gasteiger partial charge in [-0.2, -0.15) is 0 Å². The van der Waals surface area contributed by atoms with Crippen molar-refractivity contribution in [2.75, 3.05) is 12.0 Å². The topological polar surface area (TPSA) is 37.3 Å². The molecular weight excluding hydrogens is 208 g/mol. The molecule has 0 aromatic heterocycles. The van der Waals surface area contributed by atoms with Crippen molar-refractivity contribution >= 4 is 10.8 Å². The van der Waals surface area contributed by atoms with Gasteiger partial charge in [-0.1, -0.05) is 30.3 Å². The highest BCUT2D eigenvalue weighted by Crippen LogP contribution is 2.46. The smallest absolute Gasteiger partial charge is 0.104 e. The SMILES string of the molecule is C[S@@](=O)C[C@@](O)(c1ccccc1)C1CC1. The maximum absolute atomic E-state index is 11.3. The molecule has 3 heteroatoms. The van der Waals surface area contributed by atoms with Gasteiger partial charge in [-0.15, -0.1) is 0 Å². The summed E-state index contributed by atoms with van der Waals surface area (Å²) in [5.41, 5.74) is 0.0311. The molecule has 1 aromatic rings. The molecule has 0 aliphatic heterocycles. The van der Waals surface area contributed by atoms with Crippen molar-refractivity contribution in [3.8, 4) is 0 Å². The quantitative estimate of drug-likeness (QED) is 0.844. The first-order valence-electron chi connectivity index (χ1n) is 5.21. The van der Waals surface area contributed by atoms with Gasteiger partial charge in [0.15, 0.2) is 0 Å². The van der Waals surface area contributed by atoms with Crippen molar-refractivity contribution in [3.63, 3.8) is 0 Å². The zero-order valence-corrected chi connectivity index (χ0v) is 9.67. The summed E-state index contributed by atoms with van der Waals surface area (Å²) in [5, 5.41) is 10.6. The zero-order valence-electron chi connectivity index (χ0n) is 8.85. The largest absolute Gasteiger partial charge is 0.384 e. The fourth-order valence-corrected chi connectivity index (χ4v) is 3.06. The first-order chi connectivity index (χ1) is 7.13. The van der Waals surface area contributed by atoms with Crippen LogP contribution >= 0.6 is 0 Å². The molecule has 1 fully saturated rings. The third kappa shape index (κ3) is 2.29. The predicted octanol–water partition coefficient (Wildman–Crippen LogP) is 1.66. The Bertz CT molecular complexity index is 359. The maximum atomic E-state index is 11.3. The molecule has 2 rings (SSSR count). The van der Waals surface area contributed by atoms with E-state index in [1.54, 1.807) is 6.26 Å². The summed E-state index contributed by atoms with van der Waals surface area (Å²) in [6.45, 7) is 0. The van der Waals surface area contributed by atoms with Crippen molar-refractivity contribution in [2.45, 2.75) is 18.4 Å². The summed E-state index contributed by atoms with van der Waals surface area (Å²) >= 11 is 0. The van der Waals surface area contributed by atoms with Gasteiger partial charge >= 0.3 is 0 Å². The molecule has 1 aliphatic rings. The molecule has 1 saturated carbocycles. The number of benzene rings is 1. The number of hydrogen-bond acceptors (Lipinski definition) is 2. The number of hydrogen-bond donors (Lipinski definition) is 1. The fourth-order valence-electron chi connectivity index (χ4n) is 2.03. The lowest BCUT2D eigenvalue weighted by Gasteiger charge is -2.27. The summed E-state index contributed by atoms with van der Waals surface area (Å²) in [6, 6.07) is 9.61. The van der Waals surface area contributed by atoms with E-state index in [-0.39, 0.29) is 0 Å². The summed E-state index contributed by atoms with van der Waals surface area (Å²) in [7, 11) is -0.966. The minimum absolute atomic E-state index is 0.295. The van der Waals surface area contributed by atoms with Crippen molar-refractivity contribution in [1.82, 2.24) is 0 Å². The van der Waals surface area contributed by atoms with Gasteiger partial charge in [0, 0.05) is 17.1 Å². The molecule has 1 aliphatic carbocycles. The van der Waals surface area contributed by atoms with Crippen LogP contribution in [0.1, 0.15) is 18.4 Å². The van der Waals surface area contributed by atoms with Crippen molar-refractivity contribution in [2.24, 2.45) is 5.92 Å². The molecule has 0 amide bonds. The Morgan fingerprint density at radius 3 is 2.47 bits per heavy atom. The van der Waals surface area contributed by atoms with Gasteiger partial charge in [0.1, 0.15) is 5.60 Å². The van der Waals surface area contributed by atoms with E-state index in [4.69, 9.17) is 0 Å². The lowest BCUT2D eigenvalue weighted by molar-refractivity contribution is 0.0375. The number of rotatable bonds is 4.